The molecule has 2 aliphatic rings. The molecule has 0 aliphatic heterocycles. The number of hydrogen-bond acceptors (Lipinski definition) is 2. The molecule has 86 valence electrons. The van der Waals surface area contributed by atoms with Crippen LogP contribution in [-0.2, 0) is 5.41 Å². The second-order valence-electron chi connectivity index (χ2n) is 5.02. The lowest BCUT2D eigenvalue weighted by Gasteiger charge is -2.24. The Hall–Kier alpha value is -1.16. The molecule has 3 N–H and O–H groups in total. The Morgan fingerprint density at radius 1 is 1.12 bits per heavy atom. The summed E-state index contributed by atoms with van der Waals surface area (Å²) < 4.78 is 26.5. The van der Waals surface area contributed by atoms with E-state index >= 15 is 0 Å². The lowest BCUT2D eigenvalue weighted by Crippen LogP contribution is -2.37. The summed E-state index contributed by atoms with van der Waals surface area (Å²) in [5.41, 5.74) is 5.74. The standard InChI is InChI=1S/C12H13F2NO/c13-7-5-8(10(16)9(14)6-7)11(1-2-11)12(15)3-4-12/h5-6,16H,1-4,15H2. The molecular weight excluding hydrogens is 212 g/mol. The van der Waals surface area contributed by atoms with E-state index in [4.69, 9.17) is 5.73 Å². The van der Waals surface area contributed by atoms with Gasteiger partial charge in [-0.1, -0.05) is 0 Å². The number of rotatable bonds is 2. The summed E-state index contributed by atoms with van der Waals surface area (Å²) >= 11 is 0. The van der Waals surface area contributed by atoms with Gasteiger partial charge in [0.1, 0.15) is 5.82 Å². The second-order valence-corrected chi connectivity index (χ2v) is 5.02. The van der Waals surface area contributed by atoms with Gasteiger partial charge in [0.05, 0.1) is 0 Å². The molecule has 1 aromatic rings. The van der Waals surface area contributed by atoms with Crippen LogP contribution in [0.25, 0.3) is 0 Å². The average molecular weight is 225 g/mol. The van der Waals surface area contributed by atoms with E-state index in [2.05, 4.69) is 0 Å². The van der Waals surface area contributed by atoms with Gasteiger partial charge in [-0.3, -0.25) is 0 Å². The molecule has 0 bridgehead atoms. The predicted molar refractivity (Wildman–Crippen MR) is 55.1 cm³/mol. The van der Waals surface area contributed by atoms with Crippen molar-refractivity contribution >= 4 is 0 Å². The highest BCUT2D eigenvalue weighted by molar-refractivity contribution is 5.48. The number of phenols is 1. The van der Waals surface area contributed by atoms with Crippen molar-refractivity contribution < 1.29 is 13.9 Å². The summed E-state index contributed by atoms with van der Waals surface area (Å²) in [6, 6.07) is 1.92. The monoisotopic (exact) mass is 225 g/mol. The van der Waals surface area contributed by atoms with Crippen LogP contribution in [0.4, 0.5) is 8.78 Å². The van der Waals surface area contributed by atoms with E-state index in [9.17, 15) is 13.9 Å². The lowest BCUT2D eigenvalue weighted by molar-refractivity contribution is 0.398. The normalized spacial score (nSPS) is 24.2. The van der Waals surface area contributed by atoms with Gasteiger partial charge in [-0.05, 0) is 31.7 Å². The molecule has 4 heteroatoms. The first-order valence-corrected chi connectivity index (χ1v) is 5.46. The molecular formula is C12H13F2NO. The van der Waals surface area contributed by atoms with E-state index in [0.717, 1.165) is 25.7 Å². The Morgan fingerprint density at radius 3 is 2.25 bits per heavy atom. The van der Waals surface area contributed by atoms with E-state index in [0.29, 0.717) is 11.6 Å². The van der Waals surface area contributed by atoms with Crippen LogP contribution in [0.15, 0.2) is 12.1 Å². The van der Waals surface area contributed by atoms with Gasteiger partial charge >= 0.3 is 0 Å². The molecule has 0 amide bonds. The second kappa shape index (κ2) is 2.74. The minimum absolute atomic E-state index is 0.352. The van der Waals surface area contributed by atoms with Crippen LogP contribution in [0.3, 0.4) is 0 Å². The molecule has 0 heterocycles. The molecule has 1 aromatic carbocycles. The van der Waals surface area contributed by atoms with Gasteiger partial charge in [0, 0.05) is 22.6 Å². The van der Waals surface area contributed by atoms with Gasteiger partial charge in [0.2, 0.25) is 0 Å². The van der Waals surface area contributed by atoms with Crippen molar-refractivity contribution in [3.8, 4) is 5.75 Å². The maximum absolute atomic E-state index is 13.3. The minimum atomic E-state index is -0.898. The highest BCUT2D eigenvalue weighted by Crippen LogP contribution is 2.65. The number of phenolic OH excluding ortho intramolecular Hbond substituents is 1. The van der Waals surface area contributed by atoms with Crippen LogP contribution in [0.1, 0.15) is 31.2 Å². The molecule has 3 rings (SSSR count). The third-order valence-corrected chi connectivity index (χ3v) is 4.04. The van der Waals surface area contributed by atoms with Crippen molar-refractivity contribution in [3.63, 3.8) is 0 Å². The summed E-state index contributed by atoms with van der Waals surface area (Å²) in [5.74, 6) is -1.98. The molecule has 0 unspecified atom stereocenters. The topological polar surface area (TPSA) is 46.2 Å². The summed E-state index contributed by atoms with van der Waals surface area (Å²) in [4.78, 5) is 0. The summed E-state index contributed by atoms with van der Waals surface area (Å²) in [6.07, 6.45) is 3.34. The van der Waals surface area contributed by atoms with Crippen LogP contribution < -0.4 is 5.73 Å². The highest BCUT2D eigenvalue weighted by atomic mass is 19.1. The summed E-state index contributed by atoms with van der Waals surface area (Å²) in [6.45, 7) is 0. The zero-order valence-electron chi connectivity index (χ0n) is 8.76. The zero-order valence-corrected chi connectivity index (χ0v) is 8.76. The van der Waals surface area contributed by atoms with Crippen LogP contribution in [0, 0.1) is 11.6 Å². The Bertz CT molecular complexity index is 464. The average Bonchev–Trinajstić information content (AvgIpc) is 3.07. The Balaban J connectivity index is 2.13. The molecule has 0 radical (unpaired) electrons. The van der Waals surface area contributed by atoms with Gasteiger partial charge < -0.3 is 10.8 Å². The van der Waals surface area contributed by atoms with Crippen molar-refractivity contribution in [3.05, 3.63) is 29.3 Å². The number of benzene rings is 1. The number of aromatic hydroxyl groups is 1. The fourth-order valence-electron chi connectivity index (χ4n) is 2.70. The molecule has 2 fully saturated rings. The van der Waals surface area contributed by atoms with Crippen molar-refractivity contribution in [2.24, 2.45) is 5.73 Å². The fraction of sp³-hybridized carbons (Fsp3) is 0.500. The smallest absolute Gasteiger partial charge is 0.168 e. The molecule has 0 saturated heterocycles. The largest absolute Gasteiger partial charge is 0.505 e. The van der Waals surface area contributed by atoms with Crippen LogP contribution in [0.2, 0.25) is 0 Å². The third-order valence-electron chi connectivity index (χ3n) is 4.04. The lowest BCUT2D eigenvalue weighted by atomic mass is 9.85. The fourth-order valence-corrected chi connectivity index (χ4v) is 2.70. The first kappa shape index (κ1) is 10.0. The SMILES string of the molecule is NC1(C2(c3cc(F)cc(F)c3O)CC2)CC1. The number of hydrogen-bond donors (Lipinski definition) is 2. The van der Waals surface area contributed by atoms with Gasteiger partial charge in [0.15, 0.2) is 11.6 Å². The molecule has 0 spiro atoms. The quantitative estimate of drug-likeness (QED) is 0.810. The van der Waals surface area contributed by atoms with Crippen LogP contribution >= 0.6 is 0 Å². The van der Waals surface area contributed by atoms with E-state index < -0.39 is 17.4 Å². The number of halogens is 2. The van der Waals surface area contributed by atoms with E-state index in [-0.39, 0.29) is 11.0 Å². The number of nitrogens with two attached hydrogens (primary N) is 1. The third kappa shape index (κ3) is 1.13. The van der Waals surface area contributed by atoms with Crippen LogP contribution in [0.5, 0.6) is 5.75 Å². The predicted octanol–water partition coefficient (Wildman–Crippen LogP) is 2.19. The molecule has 16 heavy (non-hydrogen) atoms. The first-order valence-electron chi connectivity index (χ1n) is 5.46. The molecule has 0 aromatic heterocycles. The summed E-state index contributed by atoms with van der Waals surface area (Å²) in [5, 5.41) is 9.69. The first-order chi connectivity index (χ1) is 7.48. The van der Waals surface area contributed by atoms with E-state index in [1.54, 1.807) is 0 Å². The molecule has 2 saturated carbocycles. The van der Waals surface area contributed by atoms with Gasteiger partial charge in [-0.15, -0.1) is 0 Å². The molecule has 2 aliphatic carbocycles. The minimum Gasteiger partial charge on any atom is -0.505 e. The Labute approximate surface area is 92.1 Å². The Kier molecular flexibility index (Phi) is 1.72. The summed E-state index contributed by atoms with van der Waals surface area (Å²) in [7, 11) is 0. The van der Waals surface area contributed by atoms with Crippen molar-refractivity contribution in [2.75, 3.05) is 0 Å². The van der Waals surface area contributed by atoms with Crippen LogP contribution in [-0.4, -0.2) is 10.6 Å². The van der Waals surface area contributed by atoms with E-state index in [1.807, 2.05) is 0 Å². The van der Waals surface area contributed by atoms with Crippen molar-refractivity contribution in [1.29, 1.82) is 0 Å². The molecule has 2 nitrogen and oxygen atoms in total. The van der Waals surface area contributed by atoms with Crippen molar-refractivity contribution in [2.45, 2.75) is 36.6 Å². The van der Waals surface area contributed by atoms with Gasteiger partial charge in [-0.2, -0.15) is 0 Å². The van der Waals surface area contributed by atoms with Gasteiger partial charge in [-0.25, -0.2) is 8.78 Å². The highest BCUT2D eigenvalue weighted by Gasteiger charge is 2.65. The van der Waals surface area contributed by atoms with Crippen molar-refractivity contribution in [1.82, 2.24) is 0 Å². The van der Waals surface area contributed by atoms with Gasteiger partial charge in [0.25, 0.3) is 0 Å². The Morgan fingerprint density at radius 2 is 1.75 bits per heavy atom. The maximum Gasteiger partial charge on any atom is 0.168 e. The van der Waals surface area contributed by atoms with E-state index in [1.165, 1.54) is 6.07 Å². The zero-order chi connectivity index (χ0) is 11.6. The molecule has 0 atom stereocenters. The maximum atomic E-state index is 13.3.